The molecular formula is C70H112N24O17S2. The van der Waals surface area contributed by atoms with E-state index in [0.29, 0.717) is 27.9 Å². The summed E-state index contributed by atoms with van der Waals surface area (Å²) in [5.41, 5.74) is 24.0. The van der Waals surface area contributed by atoms with Crippen molar-refractivity contribution in [2.75, 3.05) is 103 Å². The van der Waals surface area contributed by atoms with Crippen LogP contribution in [-0.2, 0) is 89.6 Å². The van der Waals surface area contributed by atoms with Gasteiger partial charge in [0, 0.05) is 93.7 Å². The number of aliphatic hydroxyl groups excluding tert-OH is 1. The number of nitrogens with zero attached hydrogens (tertiary/aromatic N) is 5. The molecule has 0 spiro atoms. The Morgan fingerprint density at radius 3 is 1.86 bits per heavy atom. The van der Waals surface area contributed by atoms with Crippen LogP contribution in [0.25, 0.3) is 10.9 Å². The number of thioether (sulfide) groups is 2. The smallest absolute Gasteiger partial charge is 0.245 e. The Hall–Kier alpha value is -10.5. The number of aliphatic imine (C=N–C) groups is 1. The highest BCUT2D eigenvalue weighted by Gasteiger charge is 2.36. The zero-order valence-electron chi connectivity index (χ0n) is 65.2. The van der Waals surface area contributed by atoms with E-state index in [-0.39, 0.29) is 120 Å². The van der Waals surface area contributed by atoms with Crippen LogP contribution >= 0.6 is 23.5 Å². The van der Waals surface area contributed by atoms with Gasteiger partial charge in [0.05, 0.1) is 57.1 Å². The summed E-state index contributed by atoms with van der Waals surface area (Å²) >= 11 is 2.53. The standard InChI is InChI=1S/C70H112N24O17S2/c1-38(2)25-49(66(108)86-46(60(72)102)18-24-112-9)87-67(109)51(27-43-29-75-36-80-43)84-55(98)30-78-69(111)59(39(3)4)91-61(103)40(5)82-65(107)50(26-42-28-77-45-14-11-10-13-44(42)45)88-63(105)48(16-17-54(71)97)83-47(15-12-19-76-70(73)74)64(106)90-57(100)33-93-20-22-94(23-21-93)58(101)31-79-62(104)53(35-113-37-81-41(6)96)89-68(110)52(34-95)85-56(99)32-92(7)8/h10-11,13-14,28-29,36,38-40,46-53,59,77,83,95H,12,15-27,30-35,37H2,1-9H3,(H2,71,97)(H2,72,102)(H,75,80)(H,78,111)(H,79,104)(H,81,96)(H,82,107)(H,84,98)(H,85,99)(H,86,108)(H,87,109)(H,88,105)(H,89,110)(H,91,103)(H4,73,74,76)(H,90,100,106)/t40-,46-,47-,48-,49-,50-,51-,52-,53-,59-/m0/s1. The van der Waals surface area contributed by atoms with Crippen LogP contribution in [0.3, 0.4) is 0 Å². The molecule has 3 aromatic rings. The van der Waals surface area contributed by atoms with E-state index in [1.54, 1.807) is 68.2 Å². The van der Waals surface area contributed by atoms with E-state index in [1.165, 1.54) is 43.0 Å². The molecule has 0 radical (unpaired) electrons. The fraction of sp³-hybridized carbons (Fsp3) is 0.600. The number of likely N-dealkylation sites (N-methyl/N-ethyl adjacent to an activating group) is 1. The number of aliphatic hydroxyl groups is 1. The topological polar surface area (TPSA) is 620 Å². The number of H-pyrrole nitrogens is 2. The Balaban J connectivity index is 1.47. The van der Waals surface area contributed by atoms with Gasteiger partial charge in [0.2, 0.25) is 94.5 Å². The first-order chi connectivity index (χ1) is 53.5. The molecule has 0 bridgehead atoms. The van der Waals surface area contributed by atoms with Crippen molar-refractivity contribution >= 4 is 135 Å². The van der Waals surface area contributed by atoms with E-state index in [2.05, 4.69) is 89.1 Å². The van der Waals surface area contributed by atoms with E-state index in [1.807, 2.05) is 20.1 Å². The molecule has 626 valence electrons. The number of imide groups is 1. The zero-order valence-corrected chi connectivity index (χ0v) is 66.8. The van der Waals surface area contributed by atoms with Crippen molar-refractivity contribution in [3.8, 4) is 0 Å². The van der Waals surface area contributed by atoms with Gasteiger partial charge in [-0.2, -0.15) is 11.8 Å². The molecule has 43 heteroatoms. The van der Waals surface area contributed by atoms with Gasteiger partial charge < -0.3 is 106 Å². The maximum Gasteiger partial charge on any atom is 0.245 e. The zero-order chi connectivity index (χ0) is 84.0. The number of imidazole rings is 1. The van der Waals surface area contributed by atoms with Gasteiger partial charge in [0.25, 0.3) is 0 Å². The lowest BCUT2D eigenvalue weighted by Crippen LogP contribution is -2.60. The number of benzene rings is 1. The van der Waals surface area contributed by atoms with Crippen molar-refractivity contribution in [2.45, 2.75) is 153 Å². The van der Waals surface area contributed by atoms with Gasteiger partial charge >= 0.3 is 0 Å². The lowest BCUT2D eigenvalue weighted by atomic mass is 10.0. The van der Waals surface area contributed by atoms with Crippen molar-refractivity contribution in [3.05, 3.63) is 54.2 Å². The molecule has 113 heavy (non-hydrogen) atoms. The van der Waals surface area contributed by atoms with Gasteiger partial charge in [-0.25, -0.2) is 4.98 Å². The summed E-state index contributed by atoms with van der Waals surface area (Å²) in [4.78, 5) is 234. The quantitative estimate of drug-likeness (QED) is 0.0108. The van der Waals surface area contributed by atoms with Crippen LogP contribution in [0, 0.1) is 11.8 Å². The Morgan fingerprint density at radius 2 is 1.24 bits per heavy atom. The van der Waals surface area contributed by atoms with E-state index in [4.69, 9.17) is 22.9 Å². The van der Waals surface area contributed by atoms with Gasteiger partial charge in [-0.1, -0.05) is 45.9 Å². The molecule has 2 aromatic heterocycles. The number of para-hydroxylation sites is 1. The number of nitrogens with one attached hydrogen (secondary N) is 15. The summed E-state index contributed by atoms with van der Waals surface area (Å²) in [6.07, 6.45) is 5.50. The molecule has 24 N–H and O–H groups in total. The second kappa shape index (κ2) is 49.1. The second-order valence-electron chi connectivity index (χ2n) is 28.0. The van der Waals surface area contributed by atoms with E-state index in [0.717, 1.165) is 11.8 Å². The van der Waals surface area contributed by atoms with Crippen molar-refractivity contribution in [2.24, 2.45) is 39.8 Å². The fourth-order valence-corrected chi connectivity index (χ4v) is 12.8. The summed E-state index contributed by atoms with van der Waals surface area (Å²) in [5, 5.41) is 44.1. The number of primary amides is 2. The first-order valence-electron chi connectivity index (χ1n) is 36.8. The van der Waals surface area contributed by atoms with Crippen molar-refractivity contribution in [1.29, 1.82) is 0 Å². The monoisotopic (exact) mass is 1620 g/mol. The summed E-state index contributed by atoms with van der Waals surface area (Å²) in [5.74, 6) is -12.7. The highest BCUT2D eigenvalue weighted by atomic mass is 32.2. The lowest BCUT2D eigenvalue weighted by molar-refractivity contribution is -0.136. The number of hydrogen-bond acceptors (Lipinski definition) is 24. The maximum atomic E-state index is 14.8. The largest absolute Gasteiger partial charge is 0.394 e. The molecule has 1 fully saturated rings. The third-order valence-corrected chi connectivity index (χ3v) is 19.0. The van der Waals surface area contributed by atoms with E-state index >= 15 is 0 Å². The average molecular weight is 1630 g/mol. The molecule has 4 rings (SSSR count). The van der Waals surface area contributed by atoms with Crippen LogP contribution in [0.1, 0.15) is 91.3 Å². The summed E-state index contributed by atoms with van der Waals surface area (Å²) in [6, 6.07) is -6.23. The van der Waals surface area contributed by atoms with Crippen LogP contribution in [0.15, 0.2) is 48.0 Å². The van der Waals surface area contributed by atoms with Crippen molar-refractivity contribution in [3.63, 3.8) is 0 Å². The minimum Gasteiger partial charge on any atom is -0.394 e. The highest BCUT2D eigenvalue weighted by Crippen LogP contribution is 2.20. The molecular weight excluding hydrogens is 1510 g/mol. The molecule has 1 aromatic carbocycles. The lowest BCUT2D eigenvalue weighted by Gasteiger charge is -2.34. The number of guanidine groups is 1. The molecule has 0 saturated carbocycles. The number of carbonyl (C=O) groups is 16. The first-order valence-corrected chi connectivity index (χ1v) is 39.3. The fourth-order valence-electron chi connectivity index (χ4n) is 11.5. The molecule has 1 aliphatic heterocycles. The molecule has 0 unspecified atom stereocenters. The van der Waals surface area contributed by atoms with Gasteiger partial charge in [0.15, 0.2) is 5.96 Å². The Bertz CT molecular complexity index is 3760. The number of fused-ring (bicyclic) bond motifs is 1. The van der Waals surface area contributed by atoms with E-state index in [9.17, 15) is 81.8 Å². The van der Waals surface area contributed by atoms with Crippen LogP contribution in [0.4, 0.5) is 0 Å². The van der Waals surface area contributed by atoms with Gasteiger partial charge in [-0.05, 0) is 88.6 Å². The molecule has 16 amide bonds. The van der Waals surface area contributed by atoms with Gasteiger partial charge in [-0.15, -0.1) is 11.8 Å². The maximum absolute atomic E-state index is 14.8. The van der Waals surface area contributed by atoms with Crippen molar-refractivity contribution in [1.82, 2.24) is 98.8 Å². The molecule has 41 nitrogen and oxygen atoms in total. The van der Waals surface area contributed by atoms with Crippen molar-refractivity contribution < 1.29 is 81.8 Å². The summed E-state index contributed by atoms with van der Waals surface area (Å²) in [6.45, 7) is 7.41. The Morgan fingerprint density at radius 1 is 0.628 bits per heavy atom. The predicted molar refractivity (Wildman–Crippen MR) is 420 cm³/mol. The Kier molecular flexibility index (Phi) is 41.2. The number of amides is 16. The first kappa shape index (κ1) is 94.9. The van der Waals surface area contributed by atoms with Gasteiger partial charge in [0.1, 0.15) is 48.3 Å². The minimum absolute atomic E-state index is 0.00720. The van der Waals surface area contributed by atoms with Crippen LogP contribution in [-0.4, -0.2) is 299 Å². The number of piperazine rings is 1. The van der Waals surface area contributed by atoms with E-state index < -0.39 is 181 Å². The normalized spacial score (nSPS) is 14.9. The molecule has 1 aliphatic rings. The molecule has 0 aliphatic carbocycles. The minimum atomic E-state index is -1.50. The van der Waals surface area contributed by atoms with Crippen LogP contribution in [0.2, 0.25) is 0 Å². The third kappa shape index (κ3) is 35.0. The van der Waals surface area contributed by atoms with Crippen LogP contribution in [0.5, 0.6) is 0 Å². The summed E-state index contributed by atoms with van der Waals surface area (Å²) in [7, 11) is 3.25. The molecule has 10 atom stereocenters. The molecule has 3 heterocycles. The number of rotatable bonds is 50. The Labute approximate surface area is 663 Å². The number of aromatic nitrogens is 3. The SMILES string of the molecule is CSCC[C@H](NC(=O)[C@H](CC(C)C)NC(=O)[C@H](Cc1cnc[nH]1)NC(=O)CNC(=O)[C@@H](NC(=O)[C@H](C)NC(=O)[C@H](Cc1c[nH]c2ccccc12)NC(=O)[C@H](CCC(N)=O)N[C@@H](CCCN=C(N)N)C(=O)NC(=O)CN1CCN(C(=O)CNC(=O)[C@H](CSCNC(C)=O)NC(=O)[C@H](CO)NC(=O)CN(C)C)CC1)C(C)C)C(N)=O. The number of carbonyl (C=O) groups excluding carboxylic acids is 16. The summed E-state index contributed by atoms with van der Waals surface area (Å²) < 4.78 is 0. The predicted octanol–water partition coefficient (Wildman–Crippen LogP) is -7.44. The number of nitrogens with two attached hydrogens (primary N) is 4. The number of aromatic amines is 2. The highest BCUT2D eigenvalue weighted by molar-refractivity contribution is 7.99. The van der Waals surface area contributed by atoms with Gasteiger partial charge in [-0.3, -0.25) is 97.2 Å². The number of hydrogen-bond donors (Lipinski definition) is 20. The second-order valence-corrected chi connectivity index (χ2v) is 30.0. The van der Waals surface area contributed by atoms with Crippen LogP contribution < -0.4 is 92.1 Å². The molecule has 1 saturated heterocycles. The average Bonchev–Trinajstić information content (AvgIpc) is 1.72. The third-order valence-electron chi connectivity index (χ3n) is 17.5.